The fourth-order valence-corrected chi connectivity index (χ4v) is 2.95. The number of aromatic nitrogens is 3. The van der Waals surface area contributed by atoms with Gasteiger partial charge < -0.3 is 14.5 Å². The van der Waals surface area contributed by atoms with Gasteiger partial charge in [-0.3, -0.25) is 4.57 Å². The highest BCUT2D eigenvalue weighted by Gasteiger charge is 2.51. The number of carbonyl (C=O) groups is 1. The van der Waals surface area contributed by atoms with E-state index in [0.717, 1.165) is 19.4 Å². The molecule has 1 aromatic carbocycles. The molecule has 0 spiro atoms. The second-order valence-corrected chi connectivity index (χ2v) is 7.98. The minimum atomic E-state index is -4.67. The van der Waals surface area contributed by atoms with Crippen LogP contribution in [-0.4, -0.2) is 63.5 Å². The molecule has 31 heavy (non-hydrogen) atoms. The standard InChI is InChI=1S/C19H21ClF3N5O3/c1-18(2,19(21,22)23)31-17(30)27-9-7-26(8-10-27)15-24-12-28(16(29)25-15)11-13-3-5-14(20)6-4-13/h3-6,12H,7-11H2,1-2H3. The first-order valence-corrected chi connectivity index (χ1v) is 9.81. The molecule has 2 aromatic rings. The van der Waals surface area contributed by atoms with Crippen molar-refractivity contribution in [3.8, 4) is 0 Å². The maximum absolute atomic E-state index is 12.9. The molecule has 8 nitrogen and oxygen atoms in total. The van der Waals surface area contributed by atoms with Crippen LogP contribution in [0.15, 0.2) is 35.4 Å². The van der Waals surface area contributed by atoms with E-state index in [9.17, 15) is 22.8 Å². The minimum Gasteiger partial charge on any atom is -0.434 e. The maximum Gasteiger partial charge on any atom is 0.427 e. The molecule has 0 aliphatic carbocycles. The van der Waals surface area contributed by atoms with Gasteiger partial charge >= 0.3 is 18.0 Å². The third-order valence-electron chi connectivity index (χ3n) is 4.87. The van der Waals surface area contributed by atoms with E-state index >= 15 is 0 Å². The van der Waals surface area contributed by atoms with E-state index < -0.39 is 23.6 Å². The fraction of sp³-hybridized carbons (Fsp3) is 0.474. The molecule has 2 heterocycles. The minimum absolute atomic E-state index is 0.115. The number of halogens is 4. The van der Waals surface area contributed by atoms with Crippen LogP contribution in [-0.2, 0) is 11.3 Å². The number of nitrogens with zero attached hydrogens (tertiary/aromatic N) is 5. The molecule has 0 atom stereocenters. The molecule has 1 aromatic heterocycles. The van der Waals surface area contributed by atoms with E-state index in [1.807, 2.05) is 0 Å². The molecular weight excluding hydrogens is 439 g/mol. The number of rotatable bonds is 4. The average molecular weight is 460 g/mol. The molecule has 3 rings (SSSR count). The van der Waals surface area contributed by atoms with E-state index in [4.69, 9.17) is 11.6 Å². The van der Waals surface area contributed by atoms with Gasteiger partial charge in [-0.2, -0.15) is 18.2 Å². The maximum atomic E-state index is 12.9. The van der Waals surface area contributed by atoms with E-state index in [1.54, 1.807) is 29.2 Å². The van der Waals surface area contributed by atoms with Gasteiger partial charge in [0.15, 0.2) is 0 Å². The summed E-state index contributed by atoms with van der Waals surface area (Å²) in [7, 11) is 0. The van der Waals surface area contributed by atoms with Crippen LogP contribution < -0.4 is 10.6 Å². The number of hydrogen-bond donors (Lipinski definition) is 0. The number of hydrogen-bond acceptors (Lipinski definition) is 6. The van der Waals surface area contributed by atoms with Crippen molar-refractivity contribution < 1.29 is 22.7 Å². The molecule has 12 heteroatoms. The lowest BCUT2D eigenvalue weighted by Crippen LogP contribution is -2.53. The summed E-state index contributed by atoms with van der Waals surface area (Å²) < 4.78 is 44.7. The van der Waals surface area contributed by atoms with Crippen LogP contribution in [0.2, 0.25) is 5.02 Å². The van der Waals surface area contributed by atoms with Gasteiger partial charge in [-0.05, 0) is 31.5 Å². The van der Waals surface area contributed by atoms with Crippen molar-refractivity contribution in [1.29, 1.82) is 0 Å². The Morgan fingerprint density at radius 2 is 1.74 bits per heavy atom. The molecule has 0 N–H and O–H groups in total. The highest BCUT2D eigenvalue weighted by atomic mass is 35.5. The van der Waals surface area contributed by atoms with Crippen molar-refractivity contribution in [3.63, 3.8) is 0 Å². The zero-order valence-corrected chi connectivity index (χ0v) is 17.7. The van der Waals surface area contributed by atoms with Crippen LogP contribution >= 0.6 is 11.6 Å². The second-order valence-electron chi connectivity index (χ2n) is 7.54. The van der Waals surface area contributed by atoms with E-state index in [-0.39, 0.29) is 38.7 Å². The summed E-state index contributed by atoms with van der Waals surface area (Å²) in [5, 5.41) is 0.590. The van der Waals surface area contributed by atoms with Crippen molar-refractivity contribution in [3.05, 3.63) is 51.7 Å². The Bertz CT molecular complexity index is 987. The van der Waals surface area contributed by atoms with Gasteiger partial charge in [-0.15, -0.1) is 0 Å². The molecule has 0 bridgehead atoms. The van der Waals surface area contributed by atoms with Crippen LogP contribution in [0.5, 0.6) is 0 Å². The van der Waals surface area contributed by atoms with E-state index in [0.29, 0.717) is 5.02 Å². The highest BCUT2D eigenvalue weighted by Crippen LogP contribution is 2.33. The molecule has 0 saturated carbocycles. The van der Waals surface area contributed by atoms with Gasteiger partial charge in [0.2, 0.25) is 11.5 Å². The molecule has 1 aliphatic heterocycles. The Kier molecular flexibility index (Phi) is 6.44. The Morgan fingerprint density at radius 1 is 1.13 bits per heavy atom. The predicted octanol–water partition coefficient (Wildman–Crippen LogP) is 2.94. The van der Waals surface area contributed by atoms with Crippen LogP contribution in [0.4, 0.5) is 23.9 Å². The number of amides is 1. The molecule has 0 radical (unpaired) electrons. The first-order chi connectivity index (χ1) is 14.5. The molecule has 1 fully saturated rings. The van der Waals surface area contributed by atoms with Crippen LogP contribution in [0.3, 0.4) is 0 Å². The zero-order valence-electron chi connectivity index (χ0n) is 16.9. The van der Waals surface area contributed by atoms with Gasteiger partial charge in [-0.25, -0.2) is 14.6 Å². The summed E-state index contributed by atoms with van der Waals surface area (Å²) in [5.74, 6) is 0.195. The van der Waals surface area contributed by atoms with E-state index in [1.165, 1.54) is 15.8 Å². The van der Waals surface area contributed by atoms with Gasteiger partial charge in [0.1, 0.15) is 6.33 Å². The average Bonchev–Trinajstić information content (AvgIpc) is 2.70. The first-order valence-electron chi connectivity index (χ1n) is 9.44. The van der Waals surface area contributed by atoms with Crippen LogP contribution in [0.1, 0.15) is 19.4 Å². The summed E-state index contributed by atoms with van der Waals surface area (Å²) in [6.07, 6.45) is -4.33. The number of alkyl halides is 3. The van der Waals surface area contributed by atoms with E-state index in [2.05, 4.69) is 14.7 Å². The normalized spacial score (nSPS) is 15.2. The first kappa shape index (κ1) is 22.9. The fourth-order valence-electron chi connectivity index (χ4n) is 2.83. The quantitative estimate of drug-likeness (QED) is 0.699. The smallest absolute Gasteiger partial charge is 0.427 e. The summed E-state index contributed by atoms with van der Waals surface area (Å²) in [4.78, 5) is 35.5. The molecule has 1 amide bonds. The number of ether oxygens (including phenoxy) is 1. The van der Waals surface area contributed by atoms with Crippen LogP contribution in [0, 0.1) is 0 Å². The van der Waals surface area contributed by atoms with Crippen molar-refractivity contribution in [2.45, 2.75) is 32.2 Å². The molecule has 1 saturated heterocycles. The van der Waals surface area contributed by atoms with Gasteiger partial charge in [-0.1, -0.05) is 23.7 Å². The van der Waals surface area contributed by atoms with Crippen molar-refractivity contribution in [1.82, 2.24) is 19.4 Å². The topological polar surface area (TPSA) is 80.6 Å². The summed E-state index contributed by atoms with van der Waals surface area (Å²) in [6, 6.07) is 7.02. The summed E-state index contributed by atoms with van der Waals surface area (Å²) >= 11 is 5.85. The second kappa shape index (κ2) is 8.74. The monoisotopic (exact) mass is 459 g/mol. The lowest BCUT2D eigenvalue weighted by atomic mass is 10.1. The van der Waals surface area contributed by atoms with Crippen molar-refractivity contribution in [2.24, 2.45) is 0 Å². The molecule has 168 valence electrons. The van der Waals surface area contributed by atoms with Gasteiger partial charge in [0.05, 0.1) is 6.54 Å². The Labute approximate surface area is 181 Å². The number of piperazine rings is 1. The lowest BCUT2D eigenvalue weighted by molar-refractivity contribution is -0.246. The number of benzene rings is 1. The SMILES string of the molecule is CC(C)(OC(=O)N1CCN(c2ncn(Cc3ccc(Cl)cc3)c(=O)n2)CC1)C(F)(F)F. The molecule has 0 unspecified atom stereocenters. The van der Waals surface area contributed by atoms with Crippen molar-refractivity contribution in [2.75, 3.05) is 31.1 Å². The highest BCUT2D eigenvalue weighted by molar-refractivity contribution is 6.30. The third-order valence-corrected chi connectivity index (χ3v) is 5.12. The van der Waals surface area contributed by atoms with Gasteiger partial charge in [0.25, 0.3) is 0 Å². The number of anilines is 1. The van der Waals surface area contributed by atoms with Gasteiger partial charge in [0, 0.05) is 31.2 Å². The van der Waals surface area contributed by atoms with Crippen LogP contribution in [0.25, 0.3) is 0 Å². The lowest BCUT2D eigenvalue weighted by Gasteiger charge is -2.36. The predicted molar refractivity (Wildman–Crippen MR) is 107 cm³/mol. The Hall–Kier alpha value is -2.82. The van der Waals surface area contributed by atoms with Crippen molar-refractivity contribution >= 4 is 23.6 Å². The largest absolute Gasteiger partial charge is 0.434 e. The summed E-state index contributed by atoms with van der Waals surface area (Å²) in [6.45, 7) is 2.62. The zero-order chi connectivity index (χ0) is 22.8. The summed E-state index contributed by atoms with van der Waals surface area (Å²) in [5.41, 5.74) is -2.22. The number of carbonyl (C=O) groups excluding carboxylic acids is 1. The molecular formula is C19H21ClF3N5O3. The third kappa shape index (κ3) is 5.46. The Balaban J connectivity index is 1.59. The Morgan fingerprint density at radius 3 is 2.29 bits per heavy atom. The molecule has 1 aliphatic rings.